The van der Waals surface area contributed by atoms with Gasteiger partial charge in [0, 0.05) is 29.8 Å². The summed E-state index contributed by atoms with van der Waals surface area (Å²) in [5, 5.41) is 20.0. The highest BCUT2D eigenvalue weighted by Crippen LogP contribution is 2.06. The average Bonchev–Trinajstić information content (AvgIpc) is 2.91. The van der Waals surface area contributed by atoms with Crippen LogP contribution in [0.4, 0.5) is 4.79 Å². The van der Waals surface area contributed by atoms with E-state index in [4.69, 9.17) is 4.74 Å². The summed E-state index contributed by atoms with van der Waals surface area (Å²) in [5.41, 5.74) is 1.33. The van der Waals surface area contributed by atoms with E-state index in [2.05, 4.69) is 33.1 Å². The fraction of sp³-hybridized carbons (Fsp3) is 0.379. The number of hydrogen-bond acceptors (Lipinski definition) is 7. The second-order valence-electron chi connectivity index (χ2n) is 9.61. The van der Waals surface area contributed by atoms with Gasteiger partial charge in [0.25, 0.3) is 5.91 Å². The van der Waals surface area contributed by atoms with Crippen molar-refractivity contribution in [3.63, 3.8) is 0 Å². The number of ketones is 1. The van der Waals surface area contributed by atoms with Crippen LogP contribution in [0.25, 0.3) is 0 Å². The Morgan fingerprint density at radius 3 is 2.15 bits per heavy atom. The topological polar surface area (TPSA) is 146 Å². The molecule has 0 bridgehead atoms. The van der Waals surface area contributed by atoms with Crippen LogP contribution in [-0.4, -0.2) is 73.2 Å². The first kappa shape index (κ1) is 31.0. The predicted octanol–water partition coefficient (Wildman–Crippen LogP) is 1.37. The summed E-state index contributed by atoms with van der Waals surface area (Å²) in [7, 11) is 0. The fourth-order valence-electron chi connectivity index (χ4n) is 3.17. The summed E-state index contributed by atoms with van der Waals surface area (Å²) in [5.74, 6) is 4.52. The fourth-order valence-corrected chi connectivity index (χ4v) is 3.17. The highest BCUT2D eigenvalue weighted by atomic mass is 16.6. The third-order valence-electron chi connectivity index (χ3n) is 5.11. The van der Waals surface area contributed by atoms with E-state index in [0.717, 1.165) is 11.1 Å². The Balaban J connectivity index is 1.76. The van der Waals surface area contributed by atoms with Crippen molar-refractivity contribution >= 4 is 23.7 Å². The molecule has 0 saturated heterocycles. The summed E-state index contributed by atoms with van der Waals surface area (Å²) in [6, 6.07) is 15.0. The van der Waals surface area contributed by atoms with Gasteiger partial charge in [0.15, 0.2) is 5.78 Å². The lowest BCUT2D eigenvalue weighted by Gasteiger charge is -2.19. The Bertz CT molecular complexity index is 1160. The number of rotatable bonds is 12. The molecular formula is C29H36N4O6. The minimum Gasteiger partial charge on any atom is -0.444 e. The van der Waals surface area contributed by atoms with E-state index in [0.29, 0.717) is 25.1 Å². The van der Waals surface area contributed by atoms with Gasteiger partial charge in [0.2, 0.25) is 5.91 Å². The zero-order chi connectivity index (χ0) is 28.7. The number of hydrogen-bond donors (Lipinski definition) is 5. The molecule has 0 fully saturated rings. The van der Waals surface area contributed by atoms with Crippen LogP contribution in [-0.2, 0) is 14.3 Å². The Kier molecular flexibility index (Phi) is 12.7. The normalized spacial score (nSPS) is 11.4. The minimum absolute atomic E-state index is 0.0219. The molecule has 0 heterocycles. The number of aliphatic hydroxyl groups is 1. The van der Waals surface area contributed by atoms with Crippen LogP contribution in [0.1, 0.15) is 48.7 Å². The molecule has 5 N–H and O–H groups in total. The second-order valence-corrected chi connectivity index (χ2v) is 9.61. The number of Topliss-reactive ketones (excluding diaryl/α,β-unsaturated/α-hetero) is 1. The number of benzene rings is 2. The van der Waals surface area contributed by atoms with Gasteiger partial charge >= 0.3 is 6.09 Å². The summed E-state index contributed by atoms with van der Waals surface area (Å²) in [4.78, 5) is 48.5. The van der Waals surface area contributed by atoms with Crippen molar-refractivity contribution < 1.29 is 29.0 Å². The van der Waals surface area contributed by atoms with Gasteiger partial charge in [-0.05, 0) is 70.1 Å². The van der Waals surface area contributed by atoms with Crippen LogP contribution in [0.15, 0.2) is 54.6 Å². The van der Waals surface area contributed by atoms with Crippen molar-refractivity contribution in [1.82, 2.24) is 21.3 Å². The summed E-state index contributed by atoms with van der Waals surface area (Å²) in [6.07, 6.45) is 0.0692. The monoisotopic (exact) mass is 536 g/mol. The van der Waals surface area contributed by atoms with Crippen LogP contribution < -0.4 is 21.3 Å². The van der Waals surface area contributed by atoms with E-state index in [9.17, 15) is 24.3 Å². The highest BCUT2D eigenvalue weighted by Gasteiger charge is 2.21. The van der Waals surface area contributed by atoms with Crippen LogP contribution in [0.5, 0.6) is 0 Å². The van der Waals surface area contributed by atoms with Gasteiger partial charge in [-0.15, -0.1) is 0 Å². The van der Waals surface area contributed by atoms with E-state index in [1.54, 1.807) is 45.0 Å². The lowest BCUT2D eigenvalue weighted by Crippen LogP contribution is -2.50. The molecular weight excluding hydrogens is 500 g/mol. The van der Waals surface area contributed by atoms with Gasteiger partial charge in [-0.3, -0.25) is 14.4 Å². The number of carbonyl (C=O) groups is 4. The number of aliphatic hydroxyl groups excluding tert-OH is 1. The molecule has 2 aromatic carbocycles. The predicted molar refractivity (Wildman–Crippen MR) is 147 cm³/mol. The molecule has 0 unspecified atom stereocenters. The summed E-state index contributed by atoms with van der Waals surface area (Å²) >= 11 is 0. The minimum atomic E-state index is -1.10. The molecule has 0 saturated carbocycles. The smallest absolute Gasteiger partial charge is 0.407 e. The second kappa shape index (κ2) is 15.9. The quantitative estimate of drug-likeness (QED) is 0.203. The molecule has 208 valence electrons. The standard InChI is InChI=1S/C29H36N4O6/c1-29(2,3)39-28(38)31-17-7-16-30-19-26(36)32-18-24(25(35)20-34)33-27(37)23-14-12-22(13-15-23)11-10-21-8-5-4-6-9-21/h4-6,8-9,12-15,24,30,34H,7,16-20H2,1-3H3,(H,31,38)(H,32,36)(H,33,37)/t24-/m0/s1. The van der Waals surface area contributed by atoms with Crippen molar-refractivity contribution in [1.29, 1.82) is 0 Å². The first-order valence-corrected chi connectivity index (χ1v) is 12.6. The number of carbonyl (C=O) groups excluding carboxylic acids is 4. The van der Waals surface area contributed by atoms with Gasteiger partial charge in [-0.2, -0.15) is 0 Å². The molecule has 0 spiro atoms. The highest BCUT2D eigenvalue weighted by molar-refractivity contribution is 5.98. The molecule has 0 radical (unpaired) electrons. The molecule has 39 heavy (non-hydrogen) atoms. The Hall–Kier alpha value is -4.20. The first-order chi connectivity index (χ1) is 18.6. The molecule has 2 rings (SSSR count). The van der Waals surface area contributed by atoms with Gasteiger partial charge in [0.1, 0.15) is 18.2 Å². The largest absolute Gasteiger partial charge is 0.444 e. The maximum atomic E-state index is 12.7. The molecule has 10 heteroatoms. The number of nitrogens with one attached hydrogen (secondary N) is 4. The van der Waals surface area contributed by atoms with E-state index in [1.807, 2.05) is 30.3 Å². The van der Waals surface area contributed by atoms with Crippen molar-refractivity contribution in [2.45, 2.75) is 38.8 Å². The third kappa shape index (κ3) is 12.7. The number of amides is 3. The van der Waals surface area contributed by atoms with E-state index in [1.165, 1.54) is 0 Å². The molecule has 0 aliphatic carbocycles. The SMILES string of the molecule is CC(C)(C)OC(=O)NCCCNCC(=O)NC[C@H](NC(=O)c1ccc(C#Cc2ccccc2)cc1)C(=O)CO. The van der Waals surface area contributed by atoms with Gasteiger partial charge < -0.3 is 31.1 Å². The van der Waals surface area contributed by atoms with Gasteiger partial charge in [-0.25, -0.2) is 4.79 Å². The van der Waals surface area contributed by atoms with Crippen molar-refractivity contribution in [2.75, 3.05) is 32.8 Å². The van der Waals surface area contributed by atoms with E-state index in [-0.39, 0.29) is 19.0 Å². The summed E-state index contributed by atoms with van der Waals surface area (Å²) in [6.45, 7) is 5.19. The van der Waals surface area contributed by atoms with Gasteiger partial charge in [0.05, 0.1) is 6.54 Å². The maximum absolute atomic E-state index is 12.7. The Labute approximate surface area is 228 Å². The lowest BCUT2D eigenvalue weighted by molar-refractivity contribution is -0.124. The lowest BCUT2D eigenvalue weighted by atomic mass is 10.1. The molecule has 3 amide bonds. The van der Waals surface area contributed by atoms with Crippen LogP contribution >= 0.6 is 0 Å². The Morgan fingerprint density at radius 2 is 1.54 bits per heavy atom. The van der Waals surface area contributed by atoms with E-state index >= 15 is 0 Å². The number of alkyl carbamates (subject to hydrolysis) is 1. The molecule has 0 aromatic heterocycles. The summed E-state index contributed by atoms with van der Waals surface area (Å²) < 4.78 is 5.14. The van der Waals surface area contributed by atoms with Gasteiger partial charge in [-0.1, -0.05) is 30.0 Å². The molecule has 0 aliphatic heterocycles. The maximum Gasteiger partial charge on any atom is 0.407 e. The van der Waals surface area contributed by atoms with Crippen molar-refractivity contribution in [3.05, 3.63) is 71.3 Å². The Morgan fingerprint density at radius 1 is 0.897 bits per heavy atom. The molecule has 1 atom stereocenters. The zero-order valence-corrected chi connectivity index (χ0v) is 22.5. The third-order valence-corrected chi connectivity index (χ3v) is 5.11. The molecule has 2 aromatic rings. The molecule has 0 aliphatic rings. The van der Waals surface area contributed by atoms with Crippen molar-refractivity contribution in [2.24, 2.45) is 0 Å². The van der Waals surface area contributed by atoms with Crippen LogP contribution in [0, 0.1) is 11.8 Å². The van der Waals surface area contributed by atoms with E-state index < -0.39 is 36.0 Å². The van der Waals surface area contributed by atoms with Crippen LogP contribution in [0.2, 0.25) is 0 Å². The average molecular weight is 537 g/mol. The molecule has 10 nitrogen and oxygen atoms in total. The number of ether oxygens (including phenoxy) is 1. The first-order valence-electron chi connectivity index (χ1n) is 12.6. The zero-order valence-electron chi connectivity index (χ0n) is 22.5. The van der Waals surface area contributed by atoms with Crippen molar-refractivity contribution in [3.8, 4) is 11.8 Å². The van der Waals surface area contributed by atoms with Crippen LogP contribution in [0.3, 0.4) is 0 Å².